The van der Waals surface area contributed by atoms with Gasteiger partial charge >= 0.3 is 0 Å². The van der Waals surface area contributed by atoms with Gasteiger partial charge in [0, 0.05) is 20.1 Å². The first-order valence-electron chi connectivity index (χ1n) is 7.19. The van der Waals surface area contributed by atoms with Crippen LogP contribution in [0.4, 0.5) is 0 Å². The average Bonchev–Trinajstić information content (AvgIpc) is 2.58. The summed E-state index contributed by atoms with van der Waals surface area (Å²) in [6.45, 7) is 0. The van der Waals surface area contributed by atoms with Crippen molar-refractivity contribution in [2.24, 2.45) is 10.2 Å². The van der Waals surface area contributed by atoms with E-state index in [4.69, 9.17) is 0 Å². The summed E-state index contributed by atoms with van der Waals surface area (Å²) in [6.07, 6.45) is 2.61. The molecule has 0 bridgehead atoms. The second kappa shape index (κ2) is 9.85. The standard InChI is InChI=1S/C17H14Br2N4O2/c18-14-7-3-1-5-12(14)10-20-22-16(24)9-17(25)23-21-11-13-6-2-4-8-15(13)19/h1-8,10-11H,9H2,(H,22,24)(H,23,25)/b20-10-,21-11-. The van der Waals surface area contributed by atoms with Gasteiger partial charge in [-0.05, 0) is 12.1 Å². The molecule has 2 rings (SSSR count). The highest BCUT2D eigenvalue weighted by Crippen LogP contribution is 2.13. The van der Waals surface area contributed by atoms with E-state index in [-0.39, 0.29) is 6.42 Å². The van der Waals surface area contributed by atoms with Gasteiger partial charge in [-0.15, -0.1) is 0 Å². The lowest BCUT2D eigenvalue weighted by Gasteiger charge is -2.00. The van der Waals surface area contributed by atoms with Crippen LogP contribution in [0.5, 0.6) is 0 Å². The van der Waals surface area contributed by atoms with E-state index in [1.54, 1.807) is 0 Å². The molecule has 0 aliphatic rings. The molecule has 0 spiro atoms. The summed E-state index contributed by atoms with van der Waals surface area (Å²) in [6, 6.07) is 14.8. The fraction of sp³-hybridized carbons (Fsp3) is 0.0588. The molecule has 0 unspecified atom stereocenters. The SMILES string of the molecule is O=C(CC(=O)N/N=C\c1ccccc1Br)N/N=C\c1ccccc1Br. The molecule has 0 atom stereocenters. The van der Waals surface area contributed by atoms with Crippen molar-refractivity contribution in [3.63, 3.8) is 0 Å². The lowest BCUT2D eigenvalue weighted by atomic mass is 10.2. The average molecular weight is 466 g/mol. The molecule has 0 saturated heterocycles. The summed E-state index contributed by atoms with van der Waals surface area (Å²) >= 11 is 6.74. The molecule has 2 aromatic carbocycles. The number of hydrogen-bond donors (Lipinski definition) is 2. The molecule has 8 heteroatoms. The summed E-state index contributed by atoms with van der Waals surface area (Å²) in [5.41, 5.74) is 6.21. The van der Waals surface area contributed by atoms with Gasteiger partial charge in [0.05, 0.1) is 12.4 Å². The van der Waals surface area contributed by atoms with E-state index >= 15 is 0 Å². The number of amides is 2. The number of hydrogen-bond acceptors (Lipinski definition) is 4. The molecule has 6 nitrogen and oxygen atoms in total. The highest BCUT2D eigenvalue weighted by molar-refractivity contribution is 9.10. The lowest BCUT2D eigenvalue weighted by Crippen LogP contribution is -2.27. The Labute approximate surface area is 161 Å². The number of nitrogens with zero attached hydrogens (tertiary/aromatic N) is 2. The van der Waals surface area contributed by atoms with Crippen LogP contribution in [0.2, 0.25) is 0 Å². The molecule has 0 saturated carbocycles. The van der Waals surface area contributed by atoms with E-state index in [0.717, 1.165) is 20.1 Å². The van der Waals surface area contributed by atoms with Gasteiger partial charge in [0.25, 0.3) is 0 Å². The number of rotatable bonds is 6. The molecule has 128 valence electrons. The zero-order chi connectivity index (χ0) is 18.1. The quantitative estimate of drug-likeness (QED) is 0.390. The third-order valence-electron chi connectivity index (χ3n) is 2.92. The summed E-state index contributed by atoms with van der Waals surface area (Å²) in [7, 11) is 0. The number of halogens is 2. The molecule has 0 radical (unpaired) electrons. The first kappa shape index (κ1) is 19.0. The molecular weight excluding hydrogens is 452 g/mol. The summed E-state index contributed by atoms with van der Waals surface area (Å²) < 4.78 is 1.71. The maximum Gasteiger partial charge on any atom is 0.249 e. The van der Waals surface area contributed by atoms with Crippen molar-refractivity contribution in [3.8, 4) is 0 Å². The van der Waals surface area contributed by atoms with Crippen molar-refractivity contribution in [1.82, 2.24) is 10.9 Å². The minimum atomic E-state index is -0.531. The van der Waals surface area contributed by atoms with E-state index < -0.39 is 11.8 Å². The Balaban J connectivity index is 1.77. The van der Waals surface area contributed by atoms with Crippen LogP contribution in [-0.4, -0.2) is 24.2 Å². The van der Waals surface area contributed by atoms with Crippen LogP contribution in [0.25, 0.3) is 0 Å². The van der Waals surface area contributed by atoms with E-state index in [9.17, 15) is 9.59 Å². The Bertz CT molecular complexity index is 754. The second-order valence-corrected chi connectivity index (χ2v) is 6.51. The number of carbonyl (C=O) groups excluding carboxylic acids is 2. The van der Waals surface area contributed by atoms with Crippen molar-refractivity contribution in [2.75, 3.05) is 0 Å². The molecule has 0 fully saturated rings. The molecule has 25 heavy (non-hydrogen) atoms. The van der Waals surface area contributed by atoms with E-state index in [1.165, 1.54) is 12.4 Å². The maximum atomic E-state index is 11.7. The number of hydrazone groups is 2. The Hall–Kier alpha value is -2.32. The number of benzene rings is 2. The van der Waals surface area contributed by atoms with Crippen molar-refractivity contribution in [2.45, 2.75) is 6.42 Å². The van der Waals surface area contributed by atoms with Crippen LogP contribution in [0.15, 0.2) is 67.7 Å². The molecule has 0 heterocycles. The molecule has 0 aliphatic heterocycles. The minimum absolute atomic E-state index is 0.374. The van der Waals surface area contributed by atoms with E-state index in [2.05, 4.69) is 52.9 Å². The monoisotopic (exact) mass is 464 g/mol. The normalized spacial score (nSPS) is 11.0. The Kier molecular flexibility index (Phi) is 7.49. The fourth-order valence-electron chi connectivity index (χ4n) is 1.73. The largest absolute Gasteiger partial charge is 0.273 e. The van der Waals surface area contributed by atoms with Gasteiger partial charge < -0.3 is 0 Å². The Morgan fingerprint density at radius 1 is 0.800 bits per heavy atom. The zero-order valence-electron chi connectivity index (χ0n) is 12.9. The topological polar surface area (TPSA) is 82.9 Å². The van der Waals surface area contributed by atoms with Crippen LogP contribution in [0.3, 0.4) is 0 Å². The van der Waals surface area contributed by atoms with Crippen LogP contribution < -0.4 is 10.9 Å². The van der Waals surface area contributed by atoms with E-state index in [1.807, 2.05) is 48.5 Å². The highest BCUT2D eigenvalue weighted by Gasteiger charge is 2.07. The summed E-state index contributed by atoms with van der Waals surface area (Å²) in [4.78, 5) is 23.3. The summed E-state index contributed by atoms with van der Waals surface area (Å²) in [5, 5.41) is 7.63. The van der Waals surface area contributed by atoms with Crippen LogP contribution in [0.1, 0.15) is 17.5 Å². The van der Waals surface area contributed by atoms with Crippen molar-refractivity contribution in [1.29, 1.82) is 0 Å². The van der Waals surface area contributed by atoms with Crippen molar-refractivity contribution < 1.29 is 9.59 Å². The number of carbonyl (C=O) groups is 2. The van der Waals surface area contributed by atoms with Crippen LogP contribution in [-0.2, 0) is 9.59 Å². The van der Waals surface area contributed by atoms with Gasteiger partial charge in [0.15, 0.2) is 0 Å². The van der Waals surface area contributed by atoms with Gasteiger partial charge in [-0.25, -0.2) is 10.9 Å². The zero-order valence-corrected chi connectivity index (χ0v) is 16.1. The second-order valence-electron chi connectivity index (χ2n) is 4.81. The molecule has 0 aromatic heterocycles. The maximum absolute atomic E-state index is 11.7. The molecular formula is C17H14Br2N4O2. The van der Waals surface area contributed by atoms with E-state index in [0.29, 0.717) is 0 Å². The third kappa shape index (κ3) is 6.60. The van der Waals surface area contributed by atoms with Crippen molar-refractivity contribution >= 4 is 56.1 Å². The predicted molar refractivity (Wildman–Crippen MR) is 104 cm³/mol. The summed E-state index contributed by atoms with van der Waals surface area (Å²) in [5.74, 6) is -1.06. The van der Waals surface area contributed by atoms with Gasteiger partial charge in [0.1, 0.15) is 6.42 Å². The predicted octanol–water partition coefficient (Wildman–Crippen LogP) is 3.20. The van der Waals surface area contributed by atoms with Crippen molar-refractivity contribution in [3.05, 3.63) is 68.6 Å². The molecule has 2 N–H and O–H groups in total. The minimum Gasteiger partial charge on any atom is -0.273 e. The van der Waals surface area contributed by atoms with Gasteiger partial charge in [-0.2, -0.15) is 10.2 Å². The third-order valence-corrected chi connectivity index (χ3v) is 4.36. The highest BCUT2D eigenvalue weighted by atomic mass is 79.9. The Morgan fingerprint density at radius 2 is 1.20 bits per heavy atom. The Morgan fingerprint density at radius 3 is 1.60 bits per heavy atom. The number of nitrogens with one attached hydrogen (secondary N) is 2. The fourth-order valence-corrected chi connectivity index (χ4v) is 2.51. The lowest BCUT2D eigenvalue weighted by molar-refractivity contribution is -0.129. The first-order valence-corrected chi connectivity index (χ1v) is 8.77. The smallest absolute Gasteiger partial charge is 0.249 e. The van der Waals surface area contributed by atoms with Gasteiger partial charge in [-0.3, -0.25) is 9.59 Å². The first-order chi connectivity index (χ1) is 12.1. The van der Waals surface area contributed by atoms with Gasteiger partial charge in [0.2, 0.25) is 11.8 Å². The molecule has 2 amide bonds. The van der Waals surface area contributed by atoms with Gasteiger partial charge in [-0.1, -0.05) is 68.3 Å². The molecule has 2 aromatic rings. The van der Waals surface area contributed by atoms with Crippen LogP contribution in [0, 0.1) is 0 Å². The van der Waals surface area contributed by atoms with Crippen LogP contribution >= 0.6 is 31.9 Å². The molecule has 0 aliphatic carbocycles.